The molecule has 2 aliphatic heterocycles. The normalized spacial score (nSPS) is 22.4. The van der Waals surface area contributed by atoms with Crippen molar-refractivity contribution in [2.24, 2.45) is 0 Å². The maximum atomic E-state index is 3.48. The molecule has 0 fully saturated rings. The summed E-state index contributed by atoms with van der Waals surface area (Å²) in [5, 5.41) is 3.48. The van der Waals surface area contributed by atoms with Crippen LogP contribution in [-0.4, -0.2) is 20.1 Å². The number of hydrogen-bond donors (Lipinski definition) is 2. The van der Waals surface area contributed by atoms with Crippen LogP contribution >= 0.6 is 0 Å². The summed E-state index contributed by atoms with van der Waals surface area (Å²) in [5.74, 6) is 0. The molecule has 0 bridgehead atoms. The van der Waals surface area contributed by atoms with Crippen molar-refractivity contribution in [3.8, 4) is 0 Å². The molecule has 0 saturated heterocycles. The smallest absolute Gasteiger partial charge is 0.139 e. The number of likely N-dealkylation sites (N-methyl/N-ethyl adjacent to an activating group) is 1. The Morgan fingerprint density at radius 1 is 0.929 bits per heavy atom. The molecule has 28 heavy (non-hydrogen) atoms. The Kier molecular flexibility index (Phi) is 4.53. The second kappa shape index (κ2) is 7.33. The zero-order chi connectivity index (χ0) is 18.9. The first kappa shape index (κ1) is 17.3. The summed E-state index contributed by atoms with van der Waals surface area (Å²) in [6.07, 6.45) is 11.6. The topological polar surface area (TPSA) is 19.7 Å². The van der Waals surface area contributed by atoms with Crippen LogP contribution in [0.3, 0.4) is 0 Å². The summed E-state index contributed by atoms with van der Waals surface area (Å²) in [5.41, 5.74) is 9.93. The van der Waals surface area contributed by atoms with E-state index in [1.54, 1.807) is 0 Å². The molecular formula is C25H28N3+. The number of nitrogens with one attached hydrogen (secondary N) is 2. The van der Waals surface area contributed by atoms with Crippen molar-refractivity contribution < 1.29 is 4.90 Å². The summed E-state index contributed by atoms with van der Waals surface area (Å²) >= 11 is 0. The van der Waals surface area contributed by atoms with Gasteiger partial charge in [-0.05, 0) is 54.2 Å². The van der Waals surface area contributed by atoms with Gasteiger partial charge in [0.25, 0.3) is 0 Å². The van der Waals surface area contributed by atoms with Crippen LogP contribution in [0.25, 0.3) is 0 Å². The van der Waals surface area contributed by atoms with Gasteiger partial charge in [0.05, 0.1) is 12.7 Å². The fraction of sp³-hybridized carbons (Fsp3) is 0.280. The highest BCUT2D eigenvalue weighted by Gasteiger charge is 2.24. The third-order valence-electron chi connectivity index (χ3n) is 6.30. The molecule has 2 heterocycles. The van der Waals surface area contributed by atoms with Gasteiger partial charge in [0, 0.05) is 43.2 Å². The van der Waals surface area contributed by atoms with E-state index in [1.807, 2.05) is 0 Å². The van der Waals surface area contributed by atoms with Crippen LogP contribution in [0.4, 0.5) is 11.4 Å². The van der Waals surface area contributed by atoms with E-state index >= 15 is 0 Å². The third kappa shape index (κ3) is 3.06. The number of benzene rings is 2. The zero-order valence-electron chi connectivity index (χ0n) is 16.5. The number of hydrogen-bond acceptors (Lipinski definition) is 2. The molecule has 0 spiro atoms. The van der Waals surface area contributed by atoms with E-state index in [0.717, 1.165) is 32.4 Å². The van der Waals surface area contributed by atoms with Crippen molar-refractivity contribution >= 4 is 11.4 Å². The van der Waals surface area contributed by atoms with Gasteiger partial charge in [-0.3, -0.25) is 4.90 Å². The maximum Gasteiger partial charge on any atom is 0.139 e. The SMILES string of the molecule is CNC1=C(C=C[NH+]2CCc3ccccc32)CC/C1=C\N1CCc2ccccc21. The molecule has 5 rings (SSSR count). The molecule has 1 aliphatic carbocycles. The van der Waals surface area contributed by atoms with E-state index in [-0.39, 0.29) is 0 Å². The van der Waals surface area contributed by atoms with Crippen LogP contribution < -0.4 is 15.1 Å². The molecule has 0 saturated carbocycles. The molecule has 0 aromatic heterocycles. The quantitative estimate of drug-likeness (QED) is 0.859. The Hall–Kier alpha value is -2.78. The number of anilines is 1. The summed E-state index contributed by atoms with van der Waals surface area (Å²) in [7, 11) is 2.05. The van der Waals surface area contributed by atoms with Gasteiger partial charge >= 0.3 is 0 Å². The van der Waals surface area contributed by atoms with Crippen LogP contribution in [0.5, 0.6) is 0 Å². The highest BCUT2D eigenvalue weighted by atomic mass is 15.1. The minimum Gasteiger partial charge on any atom is -0.388 e. The molecule has 3 heteroatoms. The van der Waals surface area contributed by atoms with E-state index in [4.69, 9.17) is 0 Å². The largest absolute Gasteiger partial charge is 0.388 e. The van der Waals surface area contributed by atoms with Crippen molar-refractivity contribution in [1.82, 2.24) is 5.32 Å². The van der Waals surface area contributed by atoms with Crippen molar-refractivity contribution in [2.75, 3.05) is 25.0 Å². The Balaban J connectivity index is 1.39. The van der Waals surface area contributed by atoms with Gasteiger partial charge in [-0.2, -0.15) is 0 Å². The molecule has 3 nitrogen and oxygen atoms in total. The number of fused-ring (bicyclic) bond motifs is 2. The maximum absolute atomic E-state index is 3.48. The van der Waals surface area contributed by atoms with E-state index < -0.39 is 0 Å². The fourth-order valence-electron chi connectivity index (χ4n) is 4.86. The Morgan fingerprint density at radius 2 is 1.75 bits per heavy atom. The highest BCUT2D eigenvalue weighted by molar-refractivity contribution is 5.61. The number of quaternary nitrogens is 1. The lowest BCUT2D eigenvalue weighted by Crippen LogP contribution is -3.01. The molecule has 1 unspecified atom stereocenters. The summed E-state index contributed by atoms with van der Waals surface area (Å²) < 4.78 is 0. The van der Waals surface area contributed by atoms with Gasteiger partial charge in [-0.15, -0.1) is 0 Å². The molecule has 1 atom stereocenters. The predicted octanol–water partition coefficient (Wildman–Crippen LogP) is 3.49. The van der Waals surface area contributed by atoms with Crippen LogP contribution in [-0.2, 0) is 12.8 Å². The lowest BCUT2D eigenvalue weighted by atomic mass is 10.2. The standard InChI is InChI=1S/C25H27N3/c1-26-25-21(14-16-27-15-12-19-6-2-4-8-23(19)27)10-11-22(25)18-28-17-13-20-7-3-5-9-24(20)28/h2-9,14,16,18,26H,10-13,15,17H2,1H3/p+1/b16-14?,22-18+. The first-order chi connectivity index (χ1) is 13.8. The predicted molar refractivity (Wildman–Crippen MR) is 116 cm³/mol. The molecule has 2 aromatic rings. The number of allylic oxidation sites excluding steroid dienone is 3. The molecule has 3 aliphatic rings. The Bertz CT molecular complexity index is 983. The molecule has 2 aromatic carbocycles. The van der Waals surface area contributed by atoms with Crippen molar-refractivity contribution in [3.63, 3.8) is 0 Å². The van der Waals surface area contributed by atoms with Crippen LogP contribution in [0, 0.1) is 0 Å². The molecule has 0 radical (unpaired) electrons. The highest BCUT2D eigenvalue weighted by Crippen LogP contribution is 2.34. The molecule has 142 valence electrons. The van der Waals surface area contributed by atoms with E-state index in [1.165, 1.54) is 50.7 Å². The van der Waals surface area contributed by atoms with Gasteiger partial charge in [0.1, 0.15) is 5.69 Å². The molecular weight excluding hydrogens is 342 g/mol. The fourth-order valence-corrected chi connectivity index (χ4v) is 4.86. The van der Waals surface area contributed by atoms with E-state index in [9.17, 15) is 0 Å². The summed E-state index contributed by atoms with van der Waals surface area (Å²) in [6, 6.07) is 17.6. The second-order valence-corrected chi connectivity index (χ2v) is 7.89. The monoisotopic (exact) mass is 370 g/mol. The van der Waals surface area contributed by atoms with E-state index in [2.05, 4.69) is 84.3 Å². The first-order valence-electron chi connectivity index (χ1n) is 10.4. The minimum absolute atomic E-state index is 1.08. The Labute approximate surface area is 167 Å². The van der Waals surface area contributed by atoms with Gasteiger partial charge < -0.3 is 10.2 Å². The number of rotatable bonds is 4. The minimum atomic E-state index is 1.08. The van der Waals surface area contributed by atoms with Crippen LogP contribution in [0.1, 0.15) is 24.0 Å². The van der Waals surface area contributed by atoms with Crippen molar-refractivity contribution in [2.45, 2.75) is 25.7 Å². The van der Waals surface area contributed by atoms with Gasteiger partial charge in [0.2, 0.25) is 0 Å². The second-order valence-electron chi connectivity index (χ2n) is 7.89. The molecule has 2 N–H and O–H groups in total. The Morgan fingerprint density at radius 3 is 2.64 bits per heavy atom. The average molecular weight is 371 g/mol. The van der Waals surface area contributed by atoms with Crippen molar-refractivity contribution in [3.05, 3.63) is 95.0 Å². The molecule has 0 amide bonds. The van der Waals surface area contributed by atoms with Gasteiger partial charge in [0.15, 0.2) is 0 Å². The van der Waals surface area contributed by atoms with Crippen LogP contribution in [0.2, 0.25) is 0 Å². The third-order valence-corrected chi connectivity index (χ3v) is 6.30. The summed E-state index contributed by atoms with van der Waals surface area (Å²) in [4.78, 5) is 3.90. The number of para-hydroxylation sites is 2. The van der Waals surface area contributed by atoms with Gasteiger partial charge in [-0.25, -0.2) is 0 Å². The van der Waals surface area contributed by atoms with Crippen LogP contribution in [0.15, 0.2) is 83.9 Å². The van der Waals surface area contributed by atoms with Crippen molar-refractivity contribution in [1.29, 1.82) is 0 Å². The average Bonchev–Trinajstić information content (AvgIpc) is 3.44. The lowest BCUT2D eigenvalue weighted by molar-refractivity contribution is -0.767. The number of nitrogens with zero attached hydrogens (tertiary/aromatic N) is 1. The van der Waals surface area contributed by atoms with E-state index in [0.29, 0.717) is 0 Å². The van der Waals surface area contributed by atoms with Gasteiger partial charge in [-0.1, -0.05) is 36.4 Å². The first-order valence-corrected chi connectivity index (χ1v) is 10.4. The summed E-state index contributed by atoms with van der Waals surface area (Å²) in [6.45, 7) is 2.24. The lowest BCUT2D eigenvalue weighted by Gasteiger charge is -2.17. The zero-order valence-corrected chi connectivity index (χ0v) is 16.5.